The molecular formula is C26H38O5S2. The van der Waals surface area contributed by atoms with E-state index in [1.54, 1.807) is 18.9 Å². The molecule has 0 bridgehead atoms. The van der Waals surface area contributed by atoms with Crippen LogP contribution in [0.1, 0.15) is 55.6 Å². The van der Waals surface area contributed by atoms with Crippen molar-refractivity contribution in [2.24, 2.45) is 5.92 Å². The van der Waals surface area contributed by atoms with Gasteiger partial charge in [0.05, 0.1) is 13.2 Å². The molecule has 0 amide bonds. The smallest absolute Gasteiger partial charge is 0.157 e. The fourth-order valence-electron chi connectivity index (χ4n) is 5.51. The Morgan fingerprint density at radius 2 is 2.12 bits per heavy atom. The third-order valence-electron chi connectivity index (χ3n) is 7.10. The first kappa shape index (κ1) is 25.2. The van der Waals surface area contributed by atoms with Gasteiger partial charge in [-0.1, -0.05) is 6.08 Å². The fourth-order valence-corrected chi connectivity index (χ4v) is 6.83. The molecule has 1 aromatic carbocycles. The van der Waals surface area contributed by atoms with Crippen molar-refractivity contribution in [3.05, 3.63) is 34.7 Å². The highest BCUT2D eigenvalue weighted by Crippen LogP contribution is 2.55. The monoisotopic (exact) mass is 494 g/mol. The lowest BCUT2D eigenvalue weighted by Crippen LogP contribution is -2.28. The molecule has 7 heteroatoms. The molecule has 0 spiro atoms. The molecule has 1 saturated heterocycles. The SMILES string of the molecule is COc1cc(CCCCOC2CCCCO2)c2c(c1)[C@H]1C(C(C=CSC)SC)C(O)C[C@H]1O2. The van der Waals surface area contributed by atoms with Crippen LogP contribution in [0.15, 0.2) is 23.6 Å². The van der Waals surface area contributed by atoms with Gasteiger partial charge in [0.15, 0.2) is 6.29 Å². The van der Waals surface area contributed by atoms with Crippen LogP contribution in [0.3, 0.4) is 0 Å². The minimum Gasteiger partial charge on any atom is -0.497 e. The molecule has 6 atom stereocenters. The lowest BCUT2D eigenvalue weighted by Gasteiger charge is -2.27. The zero-order valence-electron chi connectivity index (χ0n) is 20.0. The second-order valence-corrected chi connectivity index (χ2v) is 10.9. The van der Waals surface area contributed by atoms with Crippen LogP contribution in [0.4, 0.5) is 0 Å². The number of aliphatic hydroxyl groups is 1. The maximum atomic E-state index is 10.9. The first-order valence-corrected chi connectivity index (χ1v) is 14.7. The minimum absolute atomic E-state index is 0.0181. The van der Waals surface area contributed by atoms with Crippen molar-refractivity contribution in [3.63, 3.8) is 0 Å². The van der Waals surface area contributed by atoms with Crippen LogP contribution in [-0.4, -0.2) is 61.7 Å². The van der Waals surface area contributed by atoms with Crippen molar-refractivity contribution in [1.82, 2.24) is 0 Å². The number of aryl methyl sites for hydroxylation is 1. The molecule has 0 radical (unpaired) electrons. The van der Waals surface area contributed by atoms with E-state index < -0.39 is 0 Å². The van der Waals surface area contributed by atoms with Gasteiger partial charge in [-0.05, 0) is 74.1 Å². The Balaban J connectivity index is 1.45. The highest BCUT2D eigenvalue weighted by atomic mass is 32.2. The summed E-state index contributed by atoms with van der Waals surface area (Å²) in [5.74, 6) is 2.23. The largest absolute Gasteiger partial charge is 0.497 e. The number of unbranched alkanes of at least 4 members (excludes halogenated alkanes) is 1. The average molecular weight is 495 g/mol. The summed E-state index contributed by atoms with van der Waals surface area (Å²) in [7, 11) is 1.73. The van der Waals surface area contributed by atoms with Crippen LogP contribution in [0.25, 0.3) is 0 Å². The van der Waals surface area contributed by atoms with Crippen LogP contribution in [0.5, 0.6) is 11.5 Å². The Bertz CT molecular complexity index is 795. The molecule has 33 heavy (non-hydrogen) atoms. The summed E-state index contributed by atoms with van der Waals surface area (Å²) in [5.41, 5.74) is 2.42. The number of thioether (sulfide) groups is 2. The highest BCUT2D eigenvalue weighted by Gasteiger charge is 2.52. The van der Waals surface area contributed by atoms with Gasteiger partial charge in [-0.3, -0.25) is 0 Å². The van der Waals surface area contributed by atoms with Crippen molar-refractivity contribution in [1.29, 1.82) is 0 Å². The fraction of sp³-hybridized carbons (Fsp3) is 0.692. The molecule has 2 fully saturated rings. The maximum Gasteiger partial charge on any atom is 0.157 e. The number of fused-ring (bicyclic) bond motifs is 3. The molecule has 4 unspecified atom stereocenters. The molecule has 5 nitrogen and oxygen atoms in total. The summed E-state index contributed by atoms with van der Waals surface area (Å²) in [5, 5.41) is 13.3. The van der Waals surface area contributed by atoms with E-state index in [0.717, 1.165) is 56.8 Å². The van der Waals surface area contributed by atoms with Gasteiger partial charge in [0, 0.05) is 42.3 Å². The van der Waals surface area contributed by atoms with E-state index in [1.165, 1.54) is 17.5 Å². The van der Waals surface area contributed by atoms with E-state index in [4.69, 9.17) is 18.9 Å². The Hall–Kier alpha value is -0.860. The summed E-state index contributed by atoms with van der Waals surface area (Å²) < 4.78 is 23.7. The van der Waals surface area contributed by atoms with E-state index in [1.807, 2.05) is 11.8 Å². The Labute approximate surface area is 207 Å². The van der Waals surface area contributed by atoms with E-state index >= 15 is 0 Å². The van der Waals surface area contributed by atoms with Crippen LogP contribution in [0.2, 0.25) is 0 Å². The normalized spacial score (nSPS) is 29.6. The molecule has 2 aliphatic heterocycles. The quantitative estimate of drug-likeness (QED) is 0.414. The summed E-state index contributed by atoms with van der Waals surface area (Å²) >= 11 is 3.51. The third-order valence-corrected chi connectivity index (χ3v) is 8.55. The van der Waals surface area contributed by atoms with Crippen molar-refractivity contribution in [3.8, 4) is 11.5 Å². The highest BCUT2D eigenvalue weighted by molar-refractivity contribution is 8.01. The van der Waals surface area contributed by atoms with E-state index in [0.29, 0.717) is 6.42 Å². The summed E-state index contributed by atoms with van der Waals surface area (Å²) in [6, 6.07) is 4.25. The number of ether oxygens (including phenoxy) is 4. The Morgan fingerprint density at radius 3 is 2.85 bits per heavy atom. The molecule has 184 valence electrons. The maximum absolute atomic E-state index is 10.9. The van der Waals surface area contributed by atoms with Gasteiger partial charge >= 0.3 is 0 Å². The second kappa shape index (κ2) is 12.2. The van der Waals surface area contributed by atoms with Crippen LogP contribution < -0.4 is 9.47 Å². The minimum atomic E-state index is -0.356. The number of methoxy groups -OCH3 is 1. The second-order valence-electron chi connectivity index (χ2n) is 9.16. The van der Waals surface area contributed by atoms with Crippen molar-refractivity contribution in [2.75, 3.05) is 32.8 Å². The first-order valence-electron chi connectivity index (χ1n) is 12.2. The molecule has 3 aliphatic rings. The van der Waals surface area contributed by atoms with Crippen molar-refractivity contribution >= 4 is 23.5 Å². The molecule has 1 aliphatic carbocycles. The number of rotatable bonds is 11. The molecule has 1 N–H and O–H groups in total. The third kappa shape index (κ3) is 5.87. The van der Waals surface area contributed by atoms with E-state index in [2.05, 4.69) is 36.1 Å². The molecule has 0 aromatic heterocycles. The van der Waals surface area contributed by atoms with Gasteiger partial charge in [-0.2, -0.15) is 11.8 Å². The number of hydrogen-bond donors (Lipinski definition) is 1. The van der Waals surface area contributed by atoms with Gasteiger partial charge in [0.1, 0.15) is 17.6 Å². The zero-order chi connectivity index (χ0) is 23.2. The average Bonchev–Trinajstić information content (AvgIpc) is 3.35. The van der Waals surface area contributed by atoms with E-state index in [-0.39, 0.29) is 35.6 Å². The summed E-state index contributed by atoms with van der Waals surface area (Å²) in [4.78, 5) is 0. The molecular weight excluding hydrogens is 456 g/mol. The topological polar surface area (TPSA) is 57.2 Å². The van der Waals surface area contributed by atoms with Gasteiger partial charge < -0.3 is 24.1 Å². The zero-order valence-corrected chi connectivity index (χ0v) is 21.7. The van der Waals surface area contributed by atoms with Crippen LogP contribution in [-0.2, 0) is 15.9 Å². The van der Waals surface area contributed by atoms with Crippen molar-refractivity contribution < 1.29 is 24.1 Å². The molecule has 1 saturated carbocycles. The lowest BCUT2D eigenvalue weighted by molar-refractivity contribution is -0.162. The Kier molecular flexibility index (Phi) is 9.34. The number of aliphatic hydroxyl groups excluding tert-OH is 1. The standard InChI is InChI=1S/C26H38O5S2/c1-28-18-14-17(8-4-6-11-29-23-9-5-7-12-30-23)26-19(15-18)24-21(31-26)16-20(27)25(24)22(33-3)10-13-32-2/h10,13-15,20-25,27H,4-9,11-12,16H2,1-3H3/t20?,21-,22?,23?,24-,25?/m1/s1. The van der Waals surface area contributed by atoms with Crippen molar-refractivity contribution in [2.45, 2.75) is 74.6 Å². The number of hydrogen-bond acceptors (Lipinski definition) is 7. The predicted molar refractivity (Wildman–Crippen MR) is 137 cm³/mol. The summed E-state index contributed by atoms with van der Waals surface area (Å²) in [6.45, 7) is 1.55. The van der Waals surface area contributed by atoms with Gasteiger partial charge in [-0.15, -0.1) is 11.8 Å². The van der Waals surface area contributed by atoms with E-state index in [9.17, 15) is 5.11 Å². The van der Waals surface area contributed by atoms with Gasteiger partial charge in [0.25, 0.3) is 0 Å². The predicted octanol–water partition coefficient (Wildman–Crippen LogP) is 5.39. The Morgan fingerprint density at radius 1 is 1.24 bits per heavy atom. The van der Waals surface area contributed by atoms with Crippen LogP contribution in [0, 0.1) is 5.92 Å². The molecule has 1 aromatic rings. The van der Waals surface area contributed by atoms with Gasteiger partial charge in [0.2, 0.25) is 0 Å². The lowest BCUT2D eigenvalue weighted by atomic mass is 9.84. The first-order chi connectivity index (χ1) is 16.2. The molecule has 2 heterocycles. The van der Waals surface area contributed by atoms with Gasteiger partial charge in [-0.25, -0.2) is 0 Å². The molecule has 4 rings (SSSR count). The summed E-state index contributed by atoms with van der Waals surface area (Å²) in [6.07, 6.45) is 13.1. The van der Waals surface area contributed by atoms with Crippen LogP contribution >= 0.6 is 23.5 Å². The number of benzene rings is 1.